The normalized spacial score (nSPS) is 23.8. The van der Waals surface area contributed by atoms with Crippen molar-refractivity contribution < 1.29 is 38.6 Å². The molecule has 4 rings (SSSR count). The van der Waals surface area contributed by atoms with Gasteiger partial charge >= 0.3 is 0 Å². The third-order valence-electron chi connectivity index (χ3n) is 6.71. The van der Waals surface area contributed by atoms with E-state index in [1.807, 2.05) is 84.9 Å². The van der Waals surface area contributed by atoms with Crippen LogP contribution in [-0.2, 0) is 43.5 Å². The van der Waals surface area contributed by atoms with Crippen LogP contribution >= 0.6 is 0 Å². The fraction of sp³-hybridized carbons (Fsp3) is 0.419. The number of aliphatic hydroxyl groups is 2. The van der Waals surface area contributed by atoms with Crippen LogP contribution in [0.4, 0.5) is 0 Å². The Kier molecular flexibility index (Phi) is 11.3. The summed E-state index contributed by atoms with van der Waals surface area (Å²) < 4.78 is 36.6. The van der Waals surface area contributed by atoms with Crippen LogP contribution in [0.15, 0.2) is 84.9 Å². The molecule has 2 N–H and O–H groups in total. The first-order valence-corrected chi connectivity index (χ1v) is 13.1. The van der Waals surface area contributed by atoms with Crippen LogP contribution in [0.3, 0.4) is 0 Å². The summed E-state index contributed by atoms with van der Waals surface area (Å²) >= 11 is 0. The Labute approximate surface area is 230 Å². The van der Waals surface area contributed by atoms with Crippen LogP contribution in [0.2, 0.25) is 0 Å². The van der Waals surface area contributed by atoms with Gasteiger partial charge in [-0.2, -0.15) is 0 Å². The largest absolute Gasteiger partial charge is 0.497 e. The second-order valence-electron chi connectivity index (χ2n) is 9.50. The molecule has 0 aromatic heterocycles. The zero-order valence-corrected chi connectivity index (χ0v) is 22.4. The molecule has 3 aromatic rings. The lowest BCUT2D eigenvalue weighted by Crippen LogP contribution is -2.61. The van der Waals surface area contributed by atoms with Gasteiger partial charge in [-0.15, -0.1) is 0 Å². The first-order valence-electron chi connectivity index (χ1n) is 13.1. The molecular formula is C31H38O8. The number of hydrogen-bond acceptors (Lipinski definition) is 8. The van der Waals surface area contributed by atoms with E-state index < -0.39 is 43.4 Å². The number of benzene rings is 3. The fourth-order valence-electron chi connectivity index (χ4n) is 4.62. The molecule has 8 nitrogen and oxygen atoms in total. The molecular weight excluding hydrogens is 500 g/mol. The summed E-state index contributed by atoms with van der Waals surface area (Å²) in [7, 11) is 3.17. The Morgan fingerprint density at radius 2 is 1.21 bits per heavy atom. The SMILES string of the molecule is COc1ccc(CO[C@H]2[C@H](OCc3ccccc3)[C@@H](OCc3ccccc3)[C@@H](OC)O[C@@H]2C[C@H](O)CO)cc1. The predicted molar refractivity (Wildman–Crippen MR) is 145 cm³/mol. The summed E-state index contributed by atoms with van der Waals surface area (Å²) in [5.41, 5.74) is 2.94. The molecule has 0 amide bonds. The number of ether oxygens (including phenoxy) is 6. The highest BCUT2D eigenvalue weighted by molar-refractivity contribution is 5.26. The average molecular weight is 539 g/mol. The monoisotopic (exact) mass is 538 g/mol. The van der Waals surface area contributed by atoms with E-state index in [0.717, 1.165) is 22.4 Å². The lowest BCUT2D eigenvalue weighted by molar-refractivity contribution is -0.320. The van der Waals surface area contributed by atoms with Gasteiger partial charge < -0.3 is 38.6 Å². The van der Waals surface area contributed by atoms with Gasteiger partial charge in [-0.25, -0.2) is 0 Å². The van der Waals surface area contributed by atoms with Gasteiger partial charge in [0.2, 0.25) is 0 Å². The summed E-state index contributed by atoms with van der Waals surface area (Å²) in [5.74, 6) is 0.755. The summed E-state index contributed by atoms with van der Waals surface area (Å²) in [6.07, 6.45) is -4.08. The zero-order chi connectivity index (χ0) is 27.5. The molecule has 0 aliphatic carbocycles. The quantitative estimate of drug-likeness (QED) is 0.320. The summed E-state index contributed by atoms with van der Waals surface area (Å²) in [6, 6.07) is 27.3. The minimum Gasteiger partial charge on any atom is -0.497 e. The molecule has 0 radical (unpaired) electrons. The van der Waals surface area contributed by atoms with Crippen molar-refractivity contribution in [2.75, 3.05) is 20.8 Å². The van der Waals surface area contributed by atoms with Crippen molar-refractivity contribution in [1.29, 1.82) is 0 Å². The standard InChI is InChI=1S/C31H38O8/c1-34-26-15-13-24(14-16-26)21-36-28-27(17-25(33)18-32)39-31(35-2)30(38-20-23-11-7-4-8-12-23)29(28)37-19-22-9-5-3-6-10-22/h3-16,25,27-33H,17-21H2,1-2H3/t25-,27+,28+,29-,30+,31-/m0/s1. The first kappa shape index (κ1) is 29.2. The molecule has 3 aromatic carbocycles. The maximum atomic E-state index is 10.3. The molecule has 0 unspecified atom stereocenters. The summed E-state index contributed by atoms with van der Waals surface area (Å²) in [4.78, 5) is 0. The minimum atomic E-state index is -0.990. The van der Waals surface area contributed by atoms with Gasteiger partial charge in [0.15, 0.2) is 6.29 Å². The van der Waals surface area contributed by atoms with Gasteiger partial charge in [-0.1, -0.05) is 72.8 Å². The summed E-state index contributed by atoms with van der Waals surface area (Å²) in [5, 5.41) is 19.9. The topological polar surface area (TPSA) is 95.8 Å². The van der Waals surface area contributed by atoms with Gasteiger partial charge in [-0.3, -0.25) is 0 Å². The van der Waals surface area contributed by atoms with Gasteiger partial charge in [-0.05, 0) is 28.8 Å². The molecule has 0 spiro atoms. The number of hydrogen-bond donors (Lipinski definition) is 2. The number of rotatable bonds is 14. The van der Waals surface area contributed by atoms with E-state index in [4.69, 9.17) is 28.4 Å². The average Bonchev–Trinajstić information content (AvgIpc) is 2.99. The molecule has 1 fully saturated rings. The third kappa shape index (κ3) is 8.33. The Hall–Kier alpha value is -2.82. The molecule has 6 atom stereocenters. The van der Waals surface area contributed by atoms with Crippen LogP contribution in [0, 0.1) is 0 Å². The van der Waals surface area contributed by atoms with Crippen LogP contribution in [0.5, 0.6) is 5.75 Å². The molecule has 0 bridgehead atoms. The van der Waals surface area contributed by atoms with E-state index in [-0.39, 0.29) is 13.0 Å². The van der Waals surface area contributed by atoms with E-state index in [9.17, 15) is 10.2 Å². The van der Waals surface area contributed by atoms with E-state index in [2.05, 4.69) is 0 Å². The highest BCUT2D eigenvalue weighted by atomic mass is 16.7. The molecule has 210 valence electrons. The molecule has 1 aliphatic heterocycles. The van der Waals surface area contributed by atoms with Crippen molar-refractivity contribution in [3.63, 3.8) is 0 Å². The molecule has 8 heteroatoms. The second-order valence-corrected chi connectivity index (χ2v) is 9.50. The lowest BCUT2D eigenvalue weighted by atomic mass is 9.94. The van der Waals surface area contributed by atoms with Crippen molar-refractivity contribution in [3.05, 3.63) is 102 Å². The van der Waals surface area contributed by atoms with Crippen LogP contribution < -0.4 is 4.74 Å². The van der Waals surface area contributed by atoms with E-state index in [1.165, 1.54) is 0 Å². The van der Waals surface area contributed by atoms with Crippen molar-refractivity contribution >= 4 is 0 Å². The smallest absolute Gasteiger partial charge is 0.186 e. The van der Waals surface area contributed by atoms with Crippen LogP contribution in [-0.4, -0.2) is 67.8 Å². The maximum absolute atomic E-state index is 10.3. The maximum Gasteiger partial charge on any atom is 0.186 e. The molecule has 1 aliphatic rings. The molecule has 0 saturated carbocycles. The van der Waals surface area contributed by atoms with E-state index in [0.29, 0.717) is 13.2 Å². The third-order valence-corrected chi connectivity index (χ3v) is 6.71. The predicted octanol–water partition coefficient (Wildman–Crippen LogP) is 3.87. The van der Waals surface area contributed by atoms with Crippen LogP contribution in [0.25, 0.3) is 0 Å². The molecule has 39 heavy (non-hydrogen) atoms. The second kappa shape index (κ2) is 15.1. The van der Waals surface area contributed by atoms with Crippen molar-refractivity contribution in [1.82, 2.24) is 0 Å². The van der Waals surface area contributed by atoms with E-state index in [1.54, 1.807) is 14.2 Å². The highest BCUT2D eigenvalue weighted by Crippen LogP contribution is 2.32. The highest BCUT2D eigenvalue weighted by Gasteiger charge is 2.49. The number of aliphatic hydroxyl groups excluding tert-OH is 2. The Morgan fingerprint density at radius 1 is 0.692 bits per heavy atom. The van der Waals surface area contributed by atoms with Crippen molar-refractivity contribution in [2.24, 2.45) is 0 Å². The zero-order valence-electron chi connectivity index (χ0n) is 22.4. The first-order chi connectivity index (χ1) is 19.1. The van der Waals surface area contributed by atoms with Crippen LogP contribution in [0.1, 0.15) is 23.1 Å². The fourth-order valence-corrected chi connectivity index (χ4v) is 4.62. The van der Waals surface area contributed by atoms with Crippen molar-refractivity contribution in [2.45, 2.75) is 63.1 Å². The Balaban J connectivity index is 1.60. The minimum absolute atomic E-state index is 0.139. The Morgan fingerprint density at radius 3 is 1.72 bits per heavy atom. The van der Waals surface area contributed by atoms with Gasteiger partial charge in [0.25, 0.3) is 0 Å². The lowest BCUT2D eigenvalue weighted by Gasteiger charge is -2.46. The van der Waals surface area contributed by atoms with Gasteiger partial charge in [0, 0.05) is 13.5 Å². The molecule has 1 saturated heterocycles. The van der Waals surface area contributed by atoms with E-state index >= 15 is 0 Å². The summed E-state index contributed by atoms with van der Waals surface area (Å²) in [6.45, 7) is 0.532. The van der Waals surface area contributed by atoms with Gasteiger partial charge in [0.05, 0.1) is 45.7 Å². The van der Waals surface area contributed by atoms with Crippen molar-refractivity contribution in [3.8, 4) is 5.75 Å². The number of methoxy groups -OCH3 is 2. The Bertz CT molecular complexity index is 1080. The molecule has 1 heterocycles. The van der Waals surface area contributed by atoms with Gasteiger partial charge in [0.1, 0.15) is 24.1 Å².